The van der Waals surface area contributed by atoms with E-state index in [1.165, 1.54) is 0 Å². The summed E-state index contributed by atoms with van der Waals surface area (Å²) < 4.78 is 7.62. The Kier molecular flexibility index (Phi) is 2.37. The molecule has 108 valence electrons. The van der Waals surface area contributed by atoms with Crippen molar-refractivity contribution in [2.24, 2.45) is 0 Å². The lowest BCUT2D eigenvalue weighted by molar-refractivity contribution is -0.0404. The van der Waals surface area contributed by atoms with Gasteiger partial charge in [-0.05, 0) is 42.0 Å². The first kappa shape index (κ1) is 12.3. The standard InChI is InChI=1S/C12H14N8O/c1-6-8-5-21-12(2,3)4-7(8)9(10-13-16-17-14-10)11-15-18-19-20(6)11/h4-5H2,1-3H3,(H,13,14,16,17). The summed E-state index contributed by atoms with van der Waals surface area (Å²) >= 11 is 0. The minimum absolute atomic E-state index is 0.246. The summed E-state index contributed by atoms with van der Waals surface area (Å²) in [5.41, 5.74) is 4.43. The van der Waals surface area contributed by atoms with Gasteiger partial charge in [-0.15, -0.1) is 15.3 Å². The van der Waals surface area contributed by atoms with E-state index < -0.39 is 0 Å². The molecule has 0 aromatic carbocycles. The highest BCUT2D eigenvalue weighted by Gasteiger charge is 2.33. The number of H-pyrrole nitrogens is 1. The minimum atomic E-state index is -0.246. The van der Waals surface area contributed by atoms with Crippen LogP contribution in [0.4, 0.5) is 0 Å². The molecule has 0 amide bonds. The number of tetrazole rings is 2. The molecule has 0 saturated carbocycles. The zero-order chi connectivity index (χ0) is 14.6. The van der Waals surface area contributed by atoms with E-state index >= 15 is 0 Å². The second-order valence-electron chi connectivity index (χ2n) is 5.79. The quantitative estimate of drug-likeness (QED) is 0.692. The van der Waals surface area contributed by atoms with Gasteiger partial charge in [0.05, 0.1) is 17.8 Å². The topological polar surface area (TPSA) is 107 Å². The Balaban J connectivity index is 2.10. The molecule has 0 bridgehead atoms. The van der Waals surface area contributed by atoms with E-state index in [-0.39, 0.29) is 5.60 Å². The SMILES string of the molecule is Cc1c2c(c(-c3nn[nH]n3)c3nnnn13)CC(C)(C)OC2. The van der Waals surface area contributed by atoms with Crippen LogP contribution in [0.1, 0.15) is 30.7 Å². The van der Waals surface area contributed by atoms with Crippen molar-refractivity contribution in [1.29, 1.82) is 0 Å². The first-order valence-corrected chi connectivity index (χ1v) is 6.67. The van der Waals surface area contributed by atoms with Crippen LogP contribution in [0.3, 0.4) is 0 Å². The number of aromatic amines is 1. The van der Waals surface area contributed by atoms with Gasteiger partial charge in [-0.2, -0.15) is 9.73 Å². The van der Waals surface area contributed by atoms with Crippen LogP contribution in [-0.4, -0.2) is 46.3 Å². The van der Waals surface area contributed by atoms with Gasteiger partial charge in [0.25, 0.3) is 0 Å². The van der Waals surface area contributed by atoms with Gasteiger partial charge in [0.2, 0.25) is 5.82 Å². The van der Waals surface area contributed by atoms with E-state index in [2.05, 4.69) is 50.0 Å². The van der Waals surface area contributed by atoms with Gasteiger partial charge in [0, 0.05) is 17.7 Å². The van der Waals surface area contributed by atoms with E-state index in [1.54, 1.807) is 4.52 Å². The highest BCUT2D eigenvalue weighted by molar-refractivity contribution is 5.77. The molecular formula is C12H14N8O. The van der Waals surface area contributed by atoms with Crippen molar-refractivity contribution in [2.45, 2.75) is 39.4 Å². The molecule has 3 aromatic rings. The lowest BCUT2D eigenvalue weighted by Crippen LogP contribution is -2.33. The summed E-state index contributed by atoms with van der Waals surface area (Å²) in [7, 11) is 0. The summed E-state index contributed by atoms with van der Waals surface area (Å²) in [6.45, 7) is 6.65. The van der Waals surface area contributed by atoms with Gasteiger partial charge in [-0.25, -0.2) is 0 Å². The number of hydrogen-bond donors (Lipinski definition) is 1. The summed E-state index contributed by atoms with van der Waals surface area (Å²) in [5.74, 6) is 0.503. The van der Waals surface area contributed by atoms with Crippen LogP contribution in [-0.2, 0) is 17.8 Å². The lowest BCUT2D eigenvalue weighted by atomic mass is 9.88. The maximum atomic E-state index is 5.92. The van der Waals surface area contributed by atoms with Crippen LogP contribution >= 0.6 is 0 Å². The molecule has 4 heterocycles. The molecule has 0 atom stereocenters. The number of aromatic nitrogens is 8. The fourth-order valence-corrected chi connectivity index (χ4v) is 2.83. The Labute approximate surface area is 119 Å². The van der Waals surface area contributed by atoms with E-state index in [0.717, 1.165) is 28.8 Å². The van der Waals surface area contributed by atoms with Crippen LogP contribution in [0, 0.1) is 6.92 Å². The second kappa shape index (κ2) is 4.04. The molecular weight excluding hydrogens is 272 g/mol. The molecule has 21 heavy (non-hydrogen) atoms. The number of ether oxygens (including phenoxy) is 1. The van der Waals surface area contributed by atoms with Gasteiger partial charge < -0.3 is 4.74 Å². The Bertz CT molecular complexity index is 820. The highest BCUT2D eigenvalue weighted by atomic mass is 16.5. The number of pyridine rings is 1. The Morgan fingerprint density at radius 3 is 2.86 bits per heavy atom. The third-order valence-electron chi connectivity index (χ3n) is 3.89. The van der Waals surface area contributed by atoms with E-state index in [9.17, 15) is 0 Å². The monoisotopic (exact) mass is 286 g/mol. The fourth-order valence-electron chi connectivity index (χ4n) is 2.83. The van der Waals surface area contributed by atoms with Gasteiger partial charge in [0.1, 0.15) is 0 Å². The van der Waals surface area contributed by atoms with Gasteiger partial charge in [-0.3, -0.25) is 0 Å². The third kappa shape index (κ3) is 1.74. The van der Waals surface area contributed by atoms with Gasteiger partial charge in [0.15, 0.2) is 5.65 Å². The summed E-state index contributed by atoms with van der Waals surface area (Å²) in [6.07, 6.45) is 0.746. The van der Waals surface area contributed by atoms with Crippen LogP contribution in [0.2, 0.25) is 0 Å². The predicted molar refractivity (Wildman–Crippen MR) is 71.3 cm³/mol. The summed E-state index contributed by atoms with van der Waals surface area (Å²) in [4.78, 5) is 0. The normalized spacial score (nSPS) is 17.1. The van der Waals surface area contributed by atoms with E-state index in [4.69, 9.17) is 4.74 Å². The number of aryl methyl sites for hydroxylation is 1. The van der Waals surface area contributed by atoms with Crippen LogP contribution in [0.5, 0.6) is 0 Å². The van der Waals surface area contributed by atoms with Gasteiger partial charge >= 0.3 is 0 Å². The summed E-state index contributed by atoms with van der Waals surface area (Å²) in [6, 6.07) is 0. The first-order chi connectivity index (χ1) is 10.1. The van der Waals surface area contributed by atoms with Crippen molar-refractivity contribution in [2.75, 3.05) is 0 Å². The molecule has 1 aliphatic heterocycles. The molecule has 9 nitrogen and oxygen atoms in total. The number of fused-ring (bicyclic) bond motifs is 2. The maximum absolute atomic E-state index is 5.92. The lowest BCUT2D eigenvalue weighted by Gasteiger charge is -2.33. The average Bonchev–Trinajstić information content (AvgIpc) is 3.08. The Hall–Kier alpha value is -2.42. The number of rotatable bonds is 1. The summed E-state index contributed by atoms with van der Waals surface area (Å²) in [5, 5.41) is 26.3. The number of hydrogen-bond acceptors (Lipinski definition) is 7. The molecule has 0 spiro atoms. The van der Waals surface area contributed by atoms with Crippen molar-refractivity contribution < 1.29 is 4.74 Å². The molecule has 0 aliphatic carbocycles. The van der Waals surface area contributed by atoms with Crippen molar-refractivity contribution in [1.82, 2.24) is 40.7 Å². The molecule has 0 saturated heterocycles. The molecule has 4 rings (SSSR count). The fraction of sp³-hybridized carbons (Fsp3) is 0.500. The average molecular weight is 286 g/mol. The highest BCUT2D eigenvalue weighted by Crippen LogP contribution is 2.36. The largest absolute Gasteiger partial charge is 0.370 e. The van der Waals surface area contributed by atoms with Crippen molar-refractivity contribution >= 4 is 5.65 Å². The molecule has 0 fully saturated rings. The molecule has 0 radical (unpaired) electrons. The maximum Gasteiger partial charge on any atom is 0.208 e. The van der Waals surface area contributed by atoms with Gasteiger partial charge in [-0.1, -0.05) is 0 Å². The molecule has 3 aromatic heterocycles. The third-order valence-corrected chi connectivity index (χ3v) is 3.89. The zero-order valence-electron chi connectivity index (χ0n) is 12.0. The Morgan fingerprint density at radius 2 is 2.10 bits per heavy atom. The van der Waals surface area contributed by atoms with Crippen LogP contribution in [0.15, 0.2) is 0 Å². The molecule has 0 unspecified atom stereocenters. The van der Waals surface area contributed by atoms with Crippen molar-refractivity contribution in [3.05, 3.63) is 16.8 Å². The molecule has 1 aliphatic rings. The van der Waals surface area contributed by atoms with Crippen molar-refractivity contribution in [3.8, 4) is 11.4 Å². The van der Waals surface area contributed by atoms with Crippen molar-refractivity contribution in [3.63, 3.8) is 0 Å². The predicted octanol–water partition coefficient (Wildman–Crippen LogP) is 0.464. The zero-order valence-corrected chi connectivity index (χ0v) is 12.0. The van der Waals surface area contributed by atoms with E-state index in [0.29, 0.717) is 18.1 Å². The Morgan fingerprint density at radius 1 is 1.24 bits per heavy atom. The van der Waals surface area contributed by atoms with Crippen LogP contribution in [0.25, 0.3) is 17.0 Å². The minimum Gasteiger partial charge on any atom is -0.370 e. The van der Waals surface area contributed by atoms with E-state index in [1.807, 2.05) is 6.92 Å². The molecule has 1 N–H and O–H groups in total. The van der Waals surface area contributed by atoms with Crippen LogP contribution < -0.4 is 0 Å². The smallest absolute Gasteiger partial charge is 0.208 e. The number of nitrogens with one attached hydrogen (secondary N) is 1. The molecule has 9 heteroatoms. The first-order valence-electron chi connectivity index (χ1n) is 6.67. The second-order valence-corrected chi connectivity index (χ2v) is 5.79. The number of nitrogens with zero attached hydrogens (tertiary/aromatic N) is 7.